The summed E-state index contributed by atoms with van der Waals surface area (Å²) in [5.41, 5.74) is 6.13. The lowest BCUT2D eigenvalue weighted by Gasteiger charge is -2.16. The van der Waals surface area contributed by atoms with Gasteiger partial charge in [-0.25, -0.2) is 0 Å². The largest absolute Gasteiger partial charge is 0.323 e. The molecule has 1 aliphatic rings. The Kier molecular flexibility index (Phi) is 1.87. The van der Waals surface area contributed by atoms with E-state index in [1.165, 1.54) is 6.08 Å². The number of nitrogens with two attached hydrogens (primary N) is 1. The van der Waals surface area contributed by atoms with Crippen LogP contribution in [-0.2, 0) is 10.3 Å². The second-order valence-corrected chi connectivity index (χ2v) is 3.65. The molecule has 72 valence electrons. The number of benzene rings is 1. The van der Waals surface area contributed by atoms with Gasteiger partial charge in [-0.2, -0.15) is 0 Å². The number of hydrogen-bond donors (Lipinski definition) is 2. The molecule has 0 saturated carbocycles. The summed E-state index contributed by atoms with van der Waals surface area (Å²) in [5, 5.41) is 3.23. The molecule has 0 spiro atoms. The summed E-state index contributed by atoms with van der Waals surface area (Å²) in [6.45, 7) is 3.57. The predicted molar refractivity (Wildman–Crippen MR) is 56.1 cm³/mol. The van der Waals surface area contributed by atoms with Crippen LogP contribution in [-0.4, -0.2) is 5.91 Å². The van der Waals surface area contributed by atoms with Gasteiger partial charge in [-0.15, -0.1) is 6.58 Å². The molecule has 3 N–H and O–H groups in total. The fourth-order valence-corrected chi connectivity index (χ4v) is 1.70. The standard InChI is InChI=1S/C10H9ClN2O/c1-2-10(12)7-4-3-6(11)5-8(7)13-9(10)14/h2-5H,1,12H2,(H,13,14)/t10-/m1/s1. The quantitative estimate of drug-likeness (QED) is 0.690. The van der Waals surface area contributed by atoms with Gasteiger partial charge in [-0.1, -0.05) is 23.7 Å². The molecule has 0 bridgehead atoms. The Bertz CT molecular complexity index is 430. The van der Waals surface area contributed by atoms with Gasteiger partial charge in [-0.3, -0.25) is 4.79 Å². The smallest absolute Gasteiger partial charge is 0.253 e. The van der Waals surface area contributed by atoms with E-state index in [0.29, 0.717) is 16.3 Å². The molecule has 3 nitrogen and oxygen atoms in total. The van der Waals surface area contributed by atoms with E-state index in [2.05, 4.69) is 11.9 Å². The number of carbonyl (C=O) groups is 1. The third-order valence-electron chi connectivity index (χ3n) is 2.37. The molecule has 1 amide bonds. The minimum absolute atomic E-state index is 0.273. The second kappa shape index (κ2) is 2.83. The summed E-state index contributed by atoms with van der Waals surface area (Å²) in [7, 11) is 0. The van der Waals surface area contributed by atoms with E-state index < -0.39 is 5.54 Å². The molecule has 1 aliphatic heterocycles. The molecule has 0 unspecified atom stereocenters. The first-order valence-electron chi connectivity index (χ1n) is 4.12. The minimum atomic E-state index is -1.13. The highest BCUT2D eigenvalue weighted by atomic mass is 35.5. The Labute approximate surface area is 86.6 Å². The molecule has 14 heavy (non-hydrogen) atoms. The molecule has 2 rings (SSSR count). The third kappa shape index (κ3) is 1.06. The first kappa shape index (κ1) is 9.24. The zero-order valence-electron chi connectivity index (χ0n) is 7.38. The summed E-state index contributed by atoms with van der Waals surface area (Å²) in [6, 6.07) is 5.11. The highest BCUT2D eigenvalue weighted by Gasteiger charge is 2.40. The molecule has 0 fully saturated rings. The molecule has 4 heteroatoms. The number of nitrogens with one attached hydrogen (secondary N) is 1. The van der Waals surface area contributed by atoms with Crippen LogP contribution in [0.2, 0.25) is 5.02 Å². The Hall–Kier alpha value is -1.32. The van der Waals surface area contributed by atoms with E-state index in [0.717, 1.165) is 0 Å². The van der Waals surface area contributed by atoms with Crippen molar-refractivity contribution >= 4 is 23.2 Å². The number of carbonyl (C=O) groups excluding carboxylic acids is 1. The van der Waals surface area contributed by atoms with Crippen LogP contribution in [0.5, 0.6) is 0 Å². The van der Waals surface area contributed by atoms with Crippen molar-refractivity contribution in [2.24, 2.45) is 5.73 Å². The molecule has 1 atom stereocenters. The van der Waals surface area contributed by atoms with Crippen molar-refractivity contribution in [1.82, 2.24) is 0 Å². The van der Waals surface area contributed by atoms with E-state index in [4.69, 9.17) is 17.3 Å². The van der Waals surface area contributed by atoms with E-state index in [1.54, 1.807) is 18.2 Å². The van der Waals surface area contributed by atoms with Crippen LogP contribution in [0.4, 0.5) is 5.69 Å². The van der Waals surface area contributed by atoms with Crippen LogP contribution < -0.4 is 11.1 Å². The second-order valence-electron chi connectivity index (χ2n) is 3.22. The highest BCUT2D eigenvalue weighted by molar-refractivity contribution is 6.31. The fourth-order valence-electron chi connectivity index (χ4n) is 1.53. The van der Waals surface area contributed by atoms with Crippen LogP contribution in [0.3, 0.4) is 0 Å². The molecule has 1 aromatic rings. The first-order chi connectivity index (χ1) is 6.58. The van der Waals surface area contributed by atoms with Crippen molar-refractivity contribution in [3.63, 3.8) is 0 Å². The lowest BCUT2D eigenvalue weighted by molar-refractivity contribution is -0.119. The molecule has 1 heterocycles. The van der Waals surface area contributed by atoms with Crippen molar-refractivity contribution in [3.05, 3.63) is 41.4 Å². The zero-order chi connectivity index (χ0) is 10.3. The molecular weight excluding hydrogens is 200 g/mol. The number of halogens is 1. The normalized spacial score (nSPS) is 24.3. The van der Waals surface area contributed by atoms with Gasteiger partial charge in [0.25, 0.3) is 5.91 Å². The summed E-state index contributed by atoms with van der Waals surface area (Å²) in [4.78, 5) is 11.5. The maximum atomic E-state index is 11.5. The molecule has 0 aliphatic carbocycles. The molecule has 0 aromatic heterocycles. The summed E-state index contributed by atoms with van der Waals surface area (Å²) in [6.07, 6.45) is 1.43. The van der Waals surface area contributed by atoms with Gasteiger partial charge in [0.1, 0.15) is 5.54 Å². The summed E-state index contributed by atoms with van der Waals surface area (Å²) in [5.74, 6) is -0.273. The Morgan fingerprint density at radius 3 is 2.93 bits per heavy atom. The van der Waals surface area contributed by atoms with Crippen molar-refractivity contribution < 1.29 is 4.79 Å². The number of anilines is 1. The molecule has 1 aromatic carbocycles. The first-order valence-corrected chi connectivity index (χ1v) is 4.49. The number of fused-ring (bicyclic) bond motifs is 1. The number of hydrogen-bond acceptors (Lipinski definition) is 2. The van der Waals surface area contributed by atoms with E-state index >= 15 is 0 Å². The van der Waals surface area contributed by atoms with E-state index in [9.17, 15) is 4.79 Å². The Balaban J connectivity index is 2.64. The van der Waals surface area contributed by atoms with Crippen molar-refractivity contribution in [1.29, 1.82) is 0 Å². The monoisotopic (exact) mass is 208 g/mol. The topological polar surface area (TPSA) is 55.1 Å². The average Bonchev–Trinajstić information content (AvgIpc) is 2.39. The van der Waals surface area contributed by atoms with Crippen LogP contribution >= 0.6 is 11.6 Å². The number of amides is 1. The highest BCUT2D eigenvalue weighted by Crippen LogP contribution is 2.36. The van der Waals surface area contributed by atoms with Crippen LogP contribution in [0.25, 0.3) is 0 Å². The van der Waals surface area contributed by atoms with Gasteiger partial charge in [0.2, 0.25) is 0 Å². The SMILES string of the molecule is C=C[C@]1(N)C(=O)Nc2cc(Cl)ccc21. The van der Waals surface area contributed by atoms with Crippen molar-refractivity contribution in [3.8, 4) is 0 Å². The Morgan fingerprint density at radius 2 is 2.29 bits per heavy atom. The van der Waals surface area contributed by atoms with E-state index in [1.807, 2.05) is 0 Å². The van der Waals surface area contributed by atoms with Gasteiger partial charge in [0.15, 0.2) is 0 Å². The van der Waals surface area contributed by atoms with Crippen LogP contribution in [0.1, 0.15) is 5.56 Å². The summed E-state index contributed by atoms with van der Waals surface area (Å²) < 4.78 is 0. The van der Waals surface area contributed by atoms with Gasteiger partial charge >= 0.3 is 0 Å². The maximum absolute atomic E-state index is 11.5. The lowest BCUT2D eigenvalue weighted by atomic mass is 9.93. The maximum Gasteiger partial charge on any atom is 0.253 e. The summed E-state index contributed by atoms with van der Waals surface area (Å²) >= 11 is 5.79. The molecule has 0 radical (unpaired) electrons. The van der Waals surface area contributed by atoms with Crippen molar-refractivity contribution in [2.45, 2.75) is 5.54 Å². The minimum Gasteiger partial charge on any atom is -0.323 e. The van der Waals surface area contributed by atoms with Gasteiger partial charge in [0, 0.05) is 16.3 Å². The predicted octanol–water partition coefficient (Wildman–Crippen LogP) is 1.63. The van der Waals surface area contributed by atoms with Crippen molar-refractivity contribution in [2.75, 3.05) is 5.32 Å². The van der Waals surface area contributed by atoms with Crippen LogP contribution in [0.15, 0.2) is 30.9 Å². The van der Waals surface area contributed by atoms with Gasteiger partial charge in [0.05, 0.1) is 0 Å². The average molecular weight is 209 g/mol. The molecule has 0 saturated heterocycles. The lowest BCUT2D eigenvalue weighted by Crippen LogP contribution is -2.41. The van der Waals surface area contributed by atoms with Gasteiger partial charge in [-0.05, 0) is 12.1 Å². The fraction of sp³-hybridized carbons (Fsp3) is 0.100. The molecular formula is C10H9ClN2O. The number of rotatable bonds is 1. The van der Waals surface area contributed by atoms with E-state index in [-0.39, 0.29) is 5.91 Å². The Morgan fingerprint density at radius 1 is 1.57 bits per heavy atom. The van der Waals surface area contributed by atoms with Gasteiger partial charge < -0.3 is 11.1 Å². The zero-order valence-corrected chi connectivity index (χ0v) is 8.14. The van der Waals surface area contributed by atoms with Crippen LogP contribution in [0, 0.1) is 0 Å². The third-order valence-corrected chi connectivity index (χ3v) is 2.61.